The summed E-state index contributed by atoms with van der Waals surface area (Å²) in [6.07, 6.45) is 1.95. The number of hydrogen-bond donors (Lipinski definition) is 1. The maximum absolute atomic E-state index is 12.7. The van der Waals surface area contributed by atoms with Crippen LogP contribution in [0, 0.1) is 0 Å². The summed E-state index contributed by atoms with van der Waals surface area (Å²) in [5, 5.41) is 3.33. The number of hydrogen-bond acceptors (Lipinski definition) is 7. The normalized spacial score (nSPS) is 15.1. The first kappa shape index (κ1) is 21.5. The Morgan fingerprint density at radius 1 is 1.26 bits per heavy atom. The van der Waals surface area contributed by atoms with Crippen molar-refractivity contribution in [3.05, 3.63) is 59.0 Å². The van der Waals surface area contributed by atoms with Gasteiger partial charge in [0.15, 0.2) is 5.13 Å². The maximum Gasteiger partial charge on any atom is 0.266 e. The Balaban J connectivity index is 1.36. The van der Waals surface area contributed by atoms with Crippen molar-refractivity contribution < 1.29 is 14.3 Å². The van der Waals surface area contributed by atoms with Gasteiger partial charge in [-0.05, 0) is 36.8 Å². The summed E-state index contributed by atoms with van der Waals surface area (Å²) in [7, 11) is 0. The number of aromatic nitrogens is 1. The zero-order chi connectivity index (χ0) is 21.8. The Hall–Kier alpha value is -2.75. The SMILES string of the molecule is CCOc1ccc2nc(NC(=O)CCN3C(=O)/C(=C/c4ccccc4)SC3=S)sc2c1. The Bertz CT molecular complexity index is 1170. The average Bonchev–Trinajstić information content (AvgIpc) is 3.27. The quantitative estimate of drug-likeness (QED) is 0.391. The summed E-state index contributed by atoms with van der Waals surface area (Å²) in [5.41, 5.74) is 1.73. The van der Waals surface area contributed by atoms with Crippen molar-refractivity contribution in [2.24, 2.45) is 0 Å². The van der Waals surface area contributed by atoms with Crippen LogP contribution in [0.2, 0.25) is 0 Å². The third-order valence-electron chi connectivity index (χ3n) is 4.45. The number of fused-ring (bicyclic) bond motifs is 1. The molecule has 1 aliphatic rings. The minimum atomic E-state index is -0.217. The number of benzene rings is 2. The molecule has 1 aliphatic heterocycles. The van der Waals surface area contributed by atoms with E-state index in [0.717, 1.165) is 21.5 Å². The molecule has 0 spiro atoms. The molecule has 1 saturated heterocycles. The largest absolute Gasteiger partial charge is 0.494 e. The molecule has 1 aromatic heterocycles. The molecule has 0 bridgehead atoms. The number of anilines is 1. The molecule has 2 aromatic carbocycles. The summed E-state index contributed by atoms with van der Waals surface area (Å²) < 4.78 is 6.90. The van der Waals surface area contributed by atoms with Gasteiger partial charge in [-0.1, -0.05) is 65.6 Å². The van der Waals surface area contributed by atoms with Gasteiger partial charge in [0.1, 0.15) is 10.1 Å². The highest BCUT2D eigenvalue weighted by molar-refractivity contribution is 8.26. The topological polar surface area (TPSA) is 71.5 Å². The van der Waals surface area contributed by atoms with Crippen LogP contribution in [0.25, 0.3) is 16.3 Å². The third-order valence-corrected chi connectivity index (χ3v) is 6.76. The molecule has 1 N–H and O–H groups in total. The smallest absolute Gasteiger partial charge is 0.266 e. The summed E-state index contributed by atoms with van der Waals surface area (Å²) in [4.78, 5) is 31.6. The van der Waals surface area contributed by atoms with Gasteiger partial charge in [0.2, 0.25) is 5.91 Å². The summed E-state index contributed by atoms with van der Waals surface area (Å²) >= 11 is 7.98. The van der Waals surface area contributed by atoms with E-state index in [9.17, 15) is 9.59 Å². The van der Waals surface area contributed by atoms with Crippen molar-refractivity contribution in [1.29, 1.82) is 0 Å². The van der Waals surface area contributed by atoms with Crippen LogP contribution in [-0.4, -0.2) is 39.2 Å². The Kier molecular flexibility index (Phi) is 6.64. The van der Waals surface area contributed by atoms with Crippen LogP contribution >= 0.6 is 35.3 Å². The number of amides is 2. The number of thioether (sulfide) groups is 1. The minimum absolute atomic E-state index is 0.130. The number of carbonyl (C=O) groups is 2. The lowest BCUT2D eigenvalue weighted by Crippen LogP contribution is -2.31. The van der Waals surface area contributed by atoms with E-state index in [2.05, 4.69) is 10.3 Å². The number of nitrogens with zero attached hydrogens (tertiary/aromatic N) is 2. The second-order valence-electron chi connectivity index (χ2n) is 6.62. The van der Waals surface area contributed by atoms with E-state index in [-0.39, 0.29) is 24.8 Å². The predicted octanol–water partition coefficient (Wildman–Crippen LogP) is 4.93. The minimum Gasteiger partial charge on any atom is -0.494 e. The number of nitrogens with one attached hydrogen (secondary N) is 1. The number of thiocarbonyl (C=S) groups is 1. The fourth-order valence-corrected chi connectivity index (χ4v) is 5.22. The van der Waals surface area contributed by atoms with E-state index < -0.39 is 0 Å². The van der Waals surface area contributed by atoms with Crippen molar-refractivity contribution in [1.82, 2.24) is 9.88 Å². The number of ether oxygens (including phenoxy) is 1. The summed E-state index contributed by atoms with van der Waals surface area (Å²) in [6.45, 7) is 2.74. The van der Waals surface area contributed by atoms with Crippen LogP contribution in [0.4, 0.5) is 5.13 Å². The highest BCUT2D eigenvalue weighted by Gasteiger charge is 2.32. The maximum atomic E-state index is 12.7. The Morgan fingerprint density at radius 2 is 2.06 bits per heavy atom. The zero-order valence-electron chi connectivity index (χ0n) is 16.7. The fraction of sp³-hybridized carbons (Fsp3) is 0.182. The molecule has 4 rings (SSSR count). The molecule has 9 heteroatoms. The molecule has 3 aromatic rings. The van der Waals surface area contributed by atoms with E-state index >= 15 is 0 Å². The lowest BCUT2D eigenvalue weighted by molar-refractivity contribution is -0.122. The molecule has 158 valence electrons. The molecule has 0 radical (unpaired) electrons. The van der Waals surface area contributed by atoms with Crippen LogP contribution in [-0.2, 0) is 9.59 Å². The van der Waals surface area contributed by atoms with E-state index in [1.165, 1.54) is 28.0 Å². The Labute approximate surface area is 193 Å². The van der Waals surface area contributed by atoms with Crippen LogP contribution < -0.4 is 10.1 Å². The van der Waals surface area contributed by atoms with Crippen LogP contribution in [0.15, 0.2) is 53.4 Å². The average molecular weight is 470 g/mol. The van der Waals surface area contributed by atoms with Gasteiger partial charge in [-0.15, -0.1) is 0 Å². The van der Waals surface area contributed by atoms with E-state index in [4.69, 9.17) is 17.0 Å². The van der Waals surface area contributed by atoms with Gasteiger partial charge in [-0.3, -0.25) is 14.5 Å². The van der Waals surface area contributed by atoms with Gasteiger partial charge in [-0.2, -0.15) is 0 Å². The van der Waals surface area contributed by atoms with Gasteiger partial charge < -0.3 is 10.1 Å². The van der Waals surface area contributed by atoms with Crippen molar-refractivity contribution >= 4 is 72.9 Å². The lowest BCUT2D eigenvalue weighted by Gasteiger charge is -2.13. The Morgan fingerprint density at radius 3 is 2.84 bits per heavy atom. The predicted molar refractivity (Wildman–Crippen MR) is 130 cm³/mol. The molecule has 0 unspecified atom stereocenters. The summed E-state index contributed by atoms with van der Waals surface area (Å²) in [6, 6.07) is 15.2. The van der Waals surface area contributed by atoms with Crippen molar-refractivity contribution in [2.75, 3.05) is 18.5 Å². The molecule has 0 atom stereocenters. The van der Waals surface area contributed by atoms with E-state index in [1.54, 1.807) is 0 Å². The number of rotatable bonds is 7. The fourth-order valence-electron chi connectivity index (χ4n) is 3.00. The van der Waals surface area contributed by atoms with Gasteiger partial charge in [0, 0.05) is 13.0 Å². The number of carbonyl (C=O) groups excluding carboxylic acids is 2. The van der Waals surface area contributed by atoms with Crippen molar-refractivity contribution in [3.8, 4) is 5.75 Å². The molecule has 1 fully saturated rings. The second kappa shape index (κ2) is 9.59. The van der Waals surface area contributed by atoms with E-state index in [1.807, 2.05) is 61.5 Å². The highest BCUT2D eigenvalue weighted by Crippen LogP contribution is 2.33. The molecule has 0 aliphatic carbocycles. The molecule has 2 amide bonds. The van der Waals surface area contributed by atoms with Crippen LogP contribution in [0.1, 0.15) is 18.9 Å². The first-order valence-corrected chi connectivity index (χ1v) is 11.7. The van der Waals surface area contributed by atoms with E-state index in [0.29, 0.717) is 21.0 Å². The molecule has 0 saturated carbocycles. The third kappa shape index (κ3) is 5.12. The molecule has 6 nitrogen and oxygen atoms in total. The zero-order valence-corrected chi connectivity index (χ0v) is 19.1. The highest BCUT2D eigenvalue weighted by atomic mass is 32.2. The summed E-state index contributed by atoms with van der Waals surface area (Å²) in [5.74, 6) is 0.384. The second-order valence-corrected chi connectivity index (χ2v) is 9.33. The van der Waals surface area contributed by atoms with Crippen LogP contribution in [0.3, 0.4) is 0 Å². The van der Waals surface area contributed by atoms with Crippen LogP contribution in [0.5, 0.6) is 5.75 Å². The van der Waals surface area contributed by atoms with Gasteiger partial charge in [0.25, 0.3) is 5.91 Å². The van der Waals surface area contributed by atoms with Gasteiger partial charge in [0.05, 0.1) is 21.7 Å². The first-order valence-electron chi connectivity index (χ1n) is 9.67. The molecular formula is C22H19N3O3S3. The molecule has 2 heterocycles. The molecule has 31 heavy (non-hydrogen) atoms. The lowest BCUT2D eigenvalue weighted by atomic mass is 10.2. The monoisotopic (exact) mass is 469 g/mol. The van der Waals surface area contributed by atoms with Gasteiger partial charge >= 0.3 is 0 Å². The van der Waals surface area contributed by atoms with Crippen molar-refractivity contribution in [3.63, 3.8) is 0 Å². The number of thiazole rings is 1. The molecular weight excluding hydrogens is 450 g/mol. The first-order chi connectivity index (χ1) is 15.0. The van der Waals surface area contributed by atoms with Crippen molar-refractivity contribution in [2.45, 2.75) is 13.3 Å². The standard InChI is InChI=1S/C22H19N3O3S3/c1-2-28-15-8-9-16-17(13-15)30-21(23-16)24-19(26)10-11-25-20(27)18(31-22(25)29)12-14-6-4-3-5-7-14/h3-9,12-13H,2,10-11H2,1H3,(H,23,24,26)/b18-12-. The van der Waals surface area contributed by atoms with Gasteiger partial charge in [-0.25, -0.2) is 4.98 Å².